The molecule has 0 bridgehead atoms. The average molecular weight is 334 g/mol. The summed E-state index contributed by atoms with van der Waals surface area (Å²) in [5.41, 5.74) is 0. The summed E-state index contributed by atoms with van der Waals surface area (Å²) in [5, 5.41) is 0. The molecule has 0 rings (SSSR count). The van der Waals surface area contributed by atoms with Crippen LogP contribution in [0.2, 0.25) is 0 Å². The van der Waals surface area contributed by atoms with Crippen molar-refractivity contribution in [2.45, 2.75) is 78.1 Å². The first kappa shape index (κ1) is 27.8. The standard InChI is InChI=1S/C16H30O4.2Na.2H/c1-3-5-7-9-13-19-15(17)11-12-16(18)20-14-10-8-6-4-2;;;;/h3-14H2,1-2H3;;;;. The molecule has 0 spiro atoms. The van der Waals surface area contributed by atoms with Crippen molar-refractivity contribution >= 4 is 71.1 Å². The Kier molecular flexibility index (Phi) is 27.7. The summed E-state index contributed by atoms with van der Waals surface area (Å²) < 4.78 is 10.1. The second-order valence-corrected chi connectivity index (χ2v) is 5.06. The number of esters is 2. The van der Waals surface area contributed by atoms with Gasteiger partial charge in [-0.25, -0.2) is 0 Å². The van der Waals surface area contributed by atoms with Crippen LogP contribution < -0.4 is 0 Å². The molecule has 0 aromatic rings. The van der Waals surface area contributed by atoms with Crippen molar-refractivity contribution in [3.63, 3.8) is 0 Å². The number of rotatable bonds is 13. The first-order chi connectivity index (χ1) is 9.70. The Morgan fingerprint density at radius 3 is 1.32 bits per heavy atom. The number of unbranched alkanes of at least 4 members (excludes halogenated alkanes) is 6. The van der Waals surface area contributed by atoms with Crippen molar-refractivity contribution in [3.8, 4) is 0 Å². The van der Waals surface area contributed by atoms with Crippen molar-refractivity contribution in [1.29, 1.82) is 0 Å². The van der Waals surface area contributed by atoms with E-state index in [2.05, 4.69) is 13.8 Å². The van der Waals surface area contributed by atoms with E-state index in [0.717, 1.165) is 38.5 Å². The second kappa shape index (κ2) is 21.9. The summed E-state index contributed by atoms with van der Waals surface area (Å²) in [6, 6.07) is 0. The molecule has 0 aliphatic rings. The molecule has 0 radical (unpaired) electrons. The molecule has 0 aliphatic heterocycles. The van der Waals surface area contributed by atoms with Crippen LogP contribution in [0.15, 0.2) is 0 Å². The van der Waals surface area contributed by atoms with Crippen LogP contribution in [-0.4, -0.2) is 84.3 Å². The van der Waals surface area contributed by atoms with Gasteiger partial charge in [0.05, 0.1) is 26.1 Å². The van der Waals surface area contributed by atoms with Crippen LogP contribution in [0, 0.1) is 0 Å². The molecule has 122 valence electrons. The number of carbonyl (C=O) groups is 2. The third kappa shape index (κ3) is 20.9. The van der Waals surface area contributed by atoms with Gasteiger partial charge in [-0.1, -0.05) is 52.4 Å². The minimum atomic E-state index is -0.301. The minimum absolute atomic E-state index is 0. The monoisotopic (exact) mass is 334 g/mol. The predicted molar refractivity (Wildman–Crippen MR) is 93.7 cm³/mol. The molecule has 0 atom stereocenters. The van der Waals surface area contributed by atoms with Gasteiger partial charge in [0.25, 0.3) is 0 Å². The summed E-state index contributed by atoms with van der Waals surface area (Å²) in [6.07, 6.45) is 8.90. The van der Waals surface area contributed by atoms with Crippen LogP contribution in [0.4, 0.5) is 0 Å². The Bertz CT molecular complexity index is 235. The normalized spacial score (nSPS) is 9.36. The van der Waals surface area contributed by atoms with Gasteiger partial charge in [0.1, 0.15) is 0 Å². The van der Waals surface area contributed by atoms with E-state index in [0.29, 0.717) is 13.2 Å². The molecular weight excluding hydrogens is 302 g/mol. The Morgan fingerprint density at radius 1 is 0.636 bits per heavy atom. The molecule has 4 nitrogen and oxygen atoms in total. The van der Waals surface area contributed by atoms with Gasteiger partial charge >= 0.3 is 71.1 Å². The Balaban J connectivity index is -0.00000180. The predicted octanol–water partition coefficient (Wildman–Crippen LogP) is 2.72. The van der Waals surface area contributed by atoms with Crippen LogP contribution in [-0.2, 0) is 19.1 Å². The van der Waals surface area contributed by atoms with E-state index in [1.165, 1.54) is 12.8 Å². The fourth-order valence-electron chi connectivity index (χ4n) is 1.78. The fraction of sp³-hybridized carbons (Fsp3) is 0.875. The van der Waals surface area contributed by atoms with E-state index in [4.69, 9.17) is 9.47 Å². The van der Waals surface area contributed by atoms with Crippen molar-refractivity contribution < 1.29 is 19.1 Å². The topological polar surface area (TPSA) is 52.6 Å². The van der Waals surface area contributed by atoms with Crippen LogP contribution in [0.25, 0.3) is 0 Å². The summed E-state index contributed by atoms with van der Waals surface area (Å²) in [6.45, 7) is 5.20. The van der Waals surface area contributed by atoms with E-state index in [1.54, 1.807) is 0 Å². The Morgan fingerprint density at radius 2 is 1.00 bits per heavy atom. The zero-order valence-electron chi connectivity index (χ0n) is 13.1. The SMILES string of the molecule is CCCCCCOC(=O)CCC(=O)OCCCCCC.[NaH].[NaH]. The summed E-state index contributed by atoms with van der Waals surface area (Å²) in [5.74, 6) is -0.603. The van der Waals surface area contributed by atoms with Gasteiger partial charge in [0.15, 0.2) is 0 Å². The third-order valence-electron chi connectivity index (χ3n) is 3.06. The molecular formula is C16H32Na2O4. The van der Waals surface area contributed by atoms with Gasteiger partial charge in [-0.2, -0.15) is 0 Å². The molecule has 0 amide bonds. The maximum atomic E-state index is 11.4. The summed E-state index contributed by atoms with van der Waals surface area (Å²) >= 11 is 0. The van der Waals surface area contributed by atoms with E-state index < -0.39 is 0 Å². The molecule has 0 saturated carbocycles. The molecule has 0 aromatic carbocycles. The molecule has 0 heterocycles. The zero-order valence-corrected chi connectivity index (χ0v) is 13.1. The van der Waals surface area contributed by atoms with Crippen LogP contribution >= 0.6 is 0 Å². The maximum absolute atomic E-state index is 11.4. The summed E-state index contributed by atoms with van der Waals surface area (Å²) in [4.78, 5) is 22.7. The van der Waals surface area contributed by atoms with Gasteiger partial charge in [0, 0.05) is 0 Å². The molecule has 0 saturated heterocycles. The van der Waals surface area contributed by atoms with E-state index >= 15 is 0 Å². The van der Waals surface area contributed by atoms with Crippen LogP contribution in [0.3, 0.4) is 0 Å². The van der Waals surface area contributed by atoms with E-state index in [1.807, 2.05) is 0 Å². The molecule has 0 aliphatic carbocycles. The van der Waals surface area contributed by atoms with Gasteiger partial charge in [-0.05, 0) is 12.8 Å². The number of ether oxygens (including phenoxy) is 2. The molecule has 0 fully saturated rings. The van der Waals surface area contributed by atoms with Crippen LogP contribution in [0.5, 0.6) is 0 Å². The van der Waals surface area contributed by atoms with Gasteiger partial charge in [0.2, 0.25) is 0 Å². The number of hydrogen-bond donors (Lipinski definition) is 0. The van der Waals surface area contributed by atoms with Crippen molar-refractivity contribution in [3.05, 3.63) is 0 Å². The van der Waals surface area contributed by atoms with Crippen molar-refractivity contribution in [2.75, 3.05) is 13.2 Å². The Hall–Kier alpha value is 0.940. The number of hydrogen-bond acceptors (Lipinski definition) is 4. The average Bonchev–Trinajstić information content (AvgIpc) is 2.44. The summed E-state index contributed by atoms with van der Waals surface area (Å²) in [7, 11) is 0. The van der Waals surface area contributed by atoms with Gasteiger partial charge < -0.3 is 9.47 Å². The van der Waals surface area contributed by atoms with Gasteiger partial charge in [-0.3, -0.25) is 9.59 Å². The quantitative estimate of drug-likeness (QED) is 0.295. The zero-order chi connectivity index (χ0) is 15.1. The van der Waals surface area contributed by atoms with E-state index in [9.17, 15) is 9.59 Å². The van der Waals surface area contributed by atoms with E-state index in [-0.39, 0.29) is 83.9 Å². The van der Waals surface area contributed by atoms with Crippen molar-refractivity contribution in [1.82, 2.24) is 0 Å². The molecule has 0 N–H and O–H groups in total. The number of carbonyl (C=O) groups excluding carboxylic acids is 2. The first-order valence-electron chi connectivity index (χ1n) is 8.02. The van der Waals surface area contributed by atoms with Crippen LogP contribution in [0.1, 0.15) is 78.1 Å². The third-order valence-corrected chi connectivity index (χ3v) is 3.06. The van der Waals surface area contributed by atoms with Crippen molar-refractivity contribution in [2.24, 2.45) is 0 Å². The second-order valence-electron chi connectivity index (χ2n) is 5.06. The molecule has 22 heavy (non-hydrogen) atoms. The molecule has 0 aromatic heterocycles. The van der Waals surface area contributed by atoms with Gasteiger partial charge in [-0.15, -0.1) is 0 Å². The fourth-order valence-corrected chi connectivity index (χ4v) is 1.78. The first-order valence-corrected chi connectivity index (χ1v) is 8.02. The Labute approximate surface area is 180 Å². The molecule has 6 heteroatoms. The molecule has 0 unspecified atom stereocenters.